The fraction of sp³-hybridized carbons (Fsp3) is 0.111. The third-order valence-corrected chi connectivity index (χ3v) is 3.46. The number of hydrogen-bond acceptors (Lipinski definition) is 6. The highest BCUT2D eigenvalue weighted by molar-refractivity contribution is 5.93. The molecular weight excluding hydrogens is 336 g/mol. The SMILES string of the molecule is CC(OC(=O)c1cccc(NC(N)=O)c1)c1nnc(-c2ccccc2)o1. The molecule has 3 N–H and O–H groups in total. The topological polar surface area (TPSA) is 120 Å². The maximum atomic E-state index is 12.3. The number of carbonyl (C=O) groups excluding carboxylic acids is 2. The van der Waals surface area contributed by atoms with E-state index < -0.39 is 18.1 Å². The van der Waals surface area contributed by atoms with Gasteiger partial charge < -0.3 is 20.2 Å². The number of primary amides is 1. The molecule has 0 aliphatic rings. The molecule has 8 heteroatoms. The second-order valence-electron chi connectivity index (χ2n) is 5.43. The third-order valence-electron chi connectivity index (χ3n) is 3.46. The summed E-state index contributed by atoms with van der Waals surface area (Å²) in [6.45, 7) is 1.63. The van der Waals surface area contributed by atoms with Crippen LogP contribution < -0.4 is 11.1 Å². The molecule has 0 spiro atoms. The predicted octanol–water partition coefficient (Wildman–Crippen LogP) is 3.15. The van der Waals surface area contributed by atoms with Crippen molar-refractivity contribution in [3.63, 3.8) is 0 Å². The van der Waals surface area contributed by atoms with E-state index in [1.807, 2.05) is 30.3 Å². The summed E-state index contributed by atoms with van der Waals surface area (Å²) >= 11 is 0. The van der Waals surface area contributed by atoms with Crippen molar-refractivity contribution in [2.45, 2.75) is 13.0 Å². The molecule has 3 rings (SSSR count). The van der Waals surface area contributed by atoms with Crippen LogP contribution >= 0.6 is 0 Å². The average Bonchev–Trinajstić information content (AvgIpc) is 3.12. The first-order valence-corrected chi connectivity index (χ1v) is 7.79. The van der Waals surface area contributed by atoms with E-state index in [2.05, 4.69) is 15.5 Å². The van der Waals surface area contributed by atoms with Crippen molar-refractivity contribution in [3.05, 3.63) is 66.1 Å². The van der Waals surface area contributed by atoms with Gasteiger partial charge in [-0.1, -0.05) is 24.3 Å². The number of anilines is 1. The van der Waals surface area contributed by atoms with Crippen molar-refractivity contribution >= 4 is 17.7 Å². The maximum absolute atomic E-state index is 12.3. The van der Waals surface area contributed by atoms with Crippen molar-refractivity contribution in [1.82, 2.24) is 10.2 Å². The first kappa shape index (κ1) is 17.2. The normalized spacial score (nSPS) is 11.6. The summed E-state index contributed by atoms with van der Waals surface area (Å²) in [5, 5.41) is 10.3. The number of nitrogens with zero attached hydrogens (tertiary/aromatic N) is 2. The Labute approximate surface area is 149 Å². The van der Waals surface area contributed by atoms with Gasteiger partial charge >= 0.3 is 12.0 Å². The molecular formula is C18H16N4O4. The van der Waals surface area contributed by atoms with Crippen LogP contribution in [0.5, 0.6) is 0 Å². The molecule has 26 heavy (non-hydrogen) atoms. The first-order chi connectivity index (χ1) is 12.5. The number of hydrogen-bond donors (Lipinski definition) is 2. The van der Waals surface area contributed by atoms with E-state index in [4.69, 9.17) is 14.9 Å². The minimum Gasteiger partial charge on any atom is -0.449 e. The summed E-state index contributed by atoms with van der Waals surface area (Å²) in [5.74, 6) is -0.0649. The standard InChI is InChI=1S/C18H16N4O4/c1-11(15-21-22-16(26-15)12-6-3-2-4-7-12)25-17(23)13-8-5-9-14(10-13)20-18(19)24/h2-11H,1H3,(H3,19,20,24). The summed E-state index contributed by atoms with van der Waals surface area (Å²) < 4.78 is 10.9. The monoisotopic (exact) mass is 352 g/mol. The van der Waals surface area contributed by atoms with E-state index in [1.54, 1.807) is 25.1 Å². The van der Waals surface area contributed by atoms with Gasteiger partial charge in [0.2, 0.25) is 5.89 Å². The average molecular weight is 352 g/mol. The van der Waals surface area contributed by atoms with Crippen LogP contribution in [0.15, 0.2) is 59.0 Å². The van der Waals surface area contributed by atoms with Crippen molar-refractivity contribution in [1.29, 1.82) is 0 Å². The Bertz CT molecular complexity index is 924. The molecule has 132 valence electrons. The molecule has 3 aromatic rings. The van der Waals surface area contributed by atoms with Crippen molar-refractivity contribution in [2.24, 2.45) is 5.73 Å². The molecule has 1 aromatic heterocycles. The fourth-order valence-corrected chi connectivity index (χ4v) is 2.24. The summed E-state index contributed by atoms with van der Waals surface area (Å²) in [5.41, 5.74) is 6.48. The summed E-state index contributed by atoms with van der Waals surface area (Å²) in [4.78, 5) is 23.2. The summed E-state index contributed by atoms with van der Waals surface area (Å²) in [7, 11) is 0. The van der Waals surface area contributed by atoms with E-state index >= 15 is 0 Å². The predicted molar refractivity (Wildman–Crippen MR) is 93.2 cm³/mol. The number of esters is 1. The number of carbonyl (C=O) groups is 2. The van der Waals surface area contributed by atoms with Crippen LogP contribution in [-0.4, -0.2) is 22.2 Å². The lowest BCUT2D eigenvalue weighted by Gasteiger charge is -2.10. The van der Waals surface area contributed by atoms with Crippen molar-refractivity contribution < 1.29 is 18.7 Å². The molecule has 8 nitrogen and oxygen atoms in total. The number of amides is 2. The number of nitrogens with one attached hydrogen (secondary N) is 1. The van der Waals surface area contributed by atoms with Crippen LogP contribution in [-0.2, 0) is 4.74 Å². The molecule has 2 amide bonds. The van der Waals surface area contributed by atoms with Gasteiger partial charge in [0, 0.05) is 11.3 Å². The quantitative estimate of drug-likeness (QED) is 0.681. The second-order valence-corrected chi connectivity index (χ2v) is 5.43. The van der Waals surface area contributed by atoms with E-state index in [1.165, 1.54) is 6.07 Å². The Kier molecular flexibility index (Phi) is 4.93. The molecule has 0 radical (unpaired) electrons. The zero-order valence-corrected chi connectivity index (χ0v) is 13.9. The largest absolute Gasteiger partial charge is 0.449 e. The molecule has 0 bridgehead atoms. The summed E-state index contributed by atoms with van der Waals surface area (Å²) in [6, 6.07) is 14.8. The molecule has 0 saturated heterocycles. The molecule has 1 atom stereocenters. The fourth-order valence-electron chi connectivity index (χ4n) is 2.24. The van der Waals surface area contributed by atoms with Gasteiger partial charge in [0.25, 0.3) is 5.89 Å². The molecule has 1 heterocycles. The van der Waals surface area contributed by atoms with E-state index in [-0.39, 0.29) is 11.5 Å². The van der Waals surface area contributed by atoms with Gasteiger partial charge in [-0.15, -0.1) is 10.2 Å². The highest BCUT2D eigenvalue weighted by Crippen LogP contribution is 2.23. The lowest BCUT2D eigenvalue weighted by Crippen LogP contribution is -2.19. The van der Waals surface area contributed by atoms with Crippen LogP contribution in [0.25, 0.3) is 11.5 Å². The van der Waals surface area contributed by atoms with Crippen LogP contribution in [0.2, 0.25) is 0 Å². The van der Waals surface area contributed by atoms with Gasteiger partial charge in [-0.3, -0.25) is 0 Å². The smallest absolute Gasteiger partial charge is 0.338 e. The molecule has 0 fully saturated rings. The Balaban J connectivity index is 1.70. The van der Waals surface area contributed by atoms with Crippen LogP contribution in [0, 0.1) is 0 Å². The minimum absolute atomic E-state index is 0.184. The van der Waals surface area contributed by atoms with Gasteiger partial charge in [0.1, 0.15) is 0 Å². The van der Waals surface area contributed by atoms with Gasteiger partial charge in [0.15, 0.2) is 6.10 Å². The number of benzene rings is 2. The minimum atomic E-state index is -0.736. The third kappa shape index (κ3) is 4.04. The highest BCUT2D eigenvalue weighted by Gasteiger charge is 2.20. The maximum Gasteiger partial charge on any atom is 0.338 e. The van der Waals surface area contributed by atoms with E-state index in [0.29, 0.717) is 11.6 Å². The number of urea groups is 1. The molecule has 0 saturated carbocycles. The van der Waals surface area contributed by atoms with Gasteiger partial charge in [-0.05, 0) is 37.3 Å². The van der Waals surface area contributed by atoms with Crippen molar-refractivity contribution in [3.8, 4) is 11.5 Å². The van der Waals surface area contributed by atoms with Gasteiger partial charge in [0.05, 0.1) is 5.56 Å². The molecule has 1 unspecified atom stereocenters. The van der Waals surface area contributed by atoms with E-state index in [0.717, 1.165) is 5.56 Å². The Morgan fingerprint density at radius 1 is 1.12 bits per heavy atom. The van der Waals surface area contributed by atoms with E-state index in [9.17, 15) is 9.59 Å². The molecule has 0 aliphatic carbocycles. The van der Waals surface area contributed by atoms with Gasteiger partial charge in [-0.25, -0.2) is 9.59 Å². The zero-order valence-electron chi connectivity index (χ0n) is 13.9. The number of nitrogens with two attached hydrogens (primary N) is 1. The van der Waals surface area contributed by atoms with Crippen LogP contribution in [0.3, 0.4) is 0 Å². The molecule has 0 aliphatic heterocycles. The first-order valence-electron chi connectivity index (χ1n) is 7.79. The Morgan fingerprint density at radius 3 is 2.62 bits per heavy atom. The highest BCUT2D eigenvalue weighted by atomic mass is 16.6. The Morgan fingerprint density at radius 2 is 1.88 bits per heavy atom. The second kappa shape index (κ2) is 7.47. The van der Waals surface area contributed by atoms with Crippen LogP contribution in [0.1, 0.15) is 29.3 Å². The number of rotatable bonds is 5. The lowest BCUT2D eigenvalue weighted by atomic mass is 10.2. The van der Waals surface area contributed by atoms with Crippen LogP contribution in [0.4, 0.5) is 10.5 Å². The Hall–Kier alpha value is -3.68. The van der Waals surface area contributed by atoms with Gasteiger partial charge in [-0.2, -0.15) is 0 Å². The lowest BCUT2D eigenvalue weighted by molar-refractivity contribution is 0.0280. The zero-order chi connectivity index (χ0) is 18.5. The van der Waals surface area contributed by atoms with Crippen molar-refractivity contribution in [2.75, 3.05) is 5.32 Å². The summed E-state index contributed by atoms with van der Waals surface area (Å²) in [6.07, 6.45) is -0.736. The number of ether oxygens (including phenoxy) is 1. The number of aromatic nitrogens is 2. The molecule has 2 aromatic carbocycles.